The maximum absolute atomic E-state index is 11.8. The number of amides is 1. The van der Waals surface area contributed by atoms with E-state index in [0.29, 0.717) is 18.8 Å². The Morgan fingerprint density at radius 1 is 1.29 bits per heavy atom. The summed E-state index contributed by atoms with van der Waals surface area (Å²) in [7, 11) is 0. The van der Waals surface area contributed by atoms with Gasteiger partial charge in [-0.05, 0) is 38.5 Å². The summed E-state index contributed by atoms with van der Waals surface area (Å²) in [6, 6.07) is -0.194. The molecule has 4 nitrogen and oxygen atoms in total. The minimum absolute atomic E-state index is 0.0341. The van der Waals surface area contributed by atoms with Crippen LogP contribution in [0.4, 0.5) is 0 Å². The molecule has 2 aliphatic rings. The third-order valence-electron chi connectivity index (χ3n) is 4.20. The van der Waals surface area contributed by atoms with Crippen molar-refractivity contribution in [3.8, 4) is 0 Å². The van der Waals surface area contributed by atoms with Crippen LogP contribution in [0.3, 0.4) is 0 Å². The predicted octanol–water partition coefficient (Wildman–Crippen LogP) is 1.94. The summed E-state index contributed by atoms with van der Waals surface area (Å²) in [5.41, 5.74) is -0.780. The van der Waals surface area contributed by atoms with Crippen LogP contribution < -0.4 is 5.32 Å². The lowest BCUT2D eigenvalue weighted by Gasteiger charge is -2.38. The van der Waals surface area contributed by atoms with Crippen molar-refractivity contribution in [3.63, 3.8) is 0 Å². The van der Waals surface area contributed by atoms with Crippen LogP contribution in [-0.4, -0.2) is 23.0 Å². The van der Waals surface area contributed by atoms with Gasteiger partial charge in [0.15, 0.2) is 0 Å². The molecule has 2 saturated carbocycles. The quantitative estimate of drug-likeness (QED) is 0.787. The van der Waals surface area contributed by atoms with E-state index in [1.54, 1.807) is 6.92 Å². The summed E-state index contributed by atoms with van der Waals surface area (Å²) >= 11 is 0. The van der Waals surface area contributed by atoms with E-state index < -0.39 is 11.4 Å². The van der Waals surface area contributed by atoms with Gasteiger partial charge < -0.3 is 10.4 Å². The van der Waals surface area contributed by atoms with E-state index in [4.69, 9.17) is 0 Å². The van der Waals surface area contributed by atoms with Crippen molar-refractivity contribution in [1.29, 1.82) is 0 Å². The second-order valence-corrected chi connectivity index (χ2v) is 5.74. The number of hydrogen-bond acceptors (Lipinski definition) is 2. The van der Waals surface area contributed by atoms with Crippen LogP contribution >= 0.6 is 0 Å². The second-order valence-electron chi connectivity index (χ2n) is 5.74. The van der Waals surface area contributed by atoms with E-state index in [9.17, 15) is 14.7 Å². The van der Waals surface area contributed by atoms with E-state index in [1.165, 1.54) is 0 Å². The number of carboxylic acids is 1. The zero-order chi connectivity index (χ0) is 12.5. The molecule has 96 valence electrons. The third-order valence-corrected chi connectivity index (χ3v) is 4.20. The Balaban J connectivity index is 1.95. The van der Waals surface area contributed by atoms with Crippen molar-refractivity contribution in [1.82, 2.24) is 5.32 Å². The molecule has 0 bridgehead atoms. The van der Waals surface area contributed by atoms with Gasteiger partial charge in [-0.3, -0.25) is 9.59 Å². The van der Waals surface area contributed by atoms with Crippen LogP contribution in [0.15, 0.2) is 0 Å². The average molecular weight is 239 g/mol. The molecule has 4 heteroatoms. The van der Waals surface area contributed by atoms with Crippen LogP contribution in [0.5, 0.6) is 0 Å². The van der Waals surface area contributed by atoms with Crippen LogP contribution in [0.2, 0.25) is 0 Å². The summed E-state index contributed by atoms with van der Waals surface area (Å²) < 4.78 is 0. The van der Waals surface area contributed by atoms with Gasteiger partial charge >= 0.3 is 5.97 Å². The summed E-state index contributed by atoms with van der Waals surface area (Å²) in [5, 5.41) is 12.3. The Morgan fingerprint density at radius 2 is 2.00 bits per heavy atom. The van der Waals surface area contributed by atoms with Crippen molar-refractivity contribution in [2.75, 3.05) is 0 Å². The lowest BCUT2D eigenvalue weighted by molar-refractivity contribution is -0.152. The van der Waals surface area contributed by atoms with Crippen molar-refractivity contribution in [2.45, 2.75) is 57.9 Å². The average Bonchev–Trinajstić information content (AvgIpc) is 3.05. The molecular weight excluding hydrogens is 218 g/mol. The highest BCUT2D eigenvalue weighted by molar-refractivity contribution is 5.80. The van der Waals surface area contributed by atoms with Gasteiger partial charge in [0, 0.05) is 12.5 Å². The van der Waals surface area contributed by atoms with Gasteiger partial charge in [0.1, 0.15) is 0 Å². The fourth-order valence-corrected chi connectivity index (χ4v) is 2.66. The zero-order valence-corrected chi connectivity index (χ0v) is 10.4. The van der Waals surface area contributed by atoms with Crippen LogP contribution in [-0.2, 0) is 9.59 Å². The highest BCUT2D eigenvalue weighted by atomic mass is 16.4. The van der Waals surface area contributed by atoms with Crippen molar-refractivity contribution >= 4 is 11.9 Å². The van der Waals surface area contributed by atoms with Gasteiger partial charge in [-0.2, -0.15) is 0 Å². The molecule has 2 aliphatic carbocycles. The standard InChI is InChI=1S/C13H21NO3/c1-13(12(16)17)7-3-2-4-10(13)14-11(15)8-9-5-6-9/h9-10H,2-8H2,1H3,(H,14,15)(H,16,17). The van der Waals surface area contributed by atoms with Crippen molar-refractivity contribution in [2.24, 2.45) is 11.3 Å². The van der Waals surface area contributed by atoms with Crippen LogP contribution in [0.25, 0.3) is 0 Å². The Kier molecular flexibility index (Phi) is 3.40. The normalized spacial score (nSPS) is 33.1. The molecule has 0 spiro atoms. The van der Waals surface area contributed by atoms with E-state index in [2.05, 4.69) is 5.32 Å². The molecule has 0 aliphatic heterocycles. The van der Waals surface area contributed by atoms with Crippen LogP contribution in [0.1, 0.15) is 51.9 Å². The molecule has 2 N–H and O–H groups in total. The summed E-state index contributed by atoms with van der Waals surface area (Å²) in [4.78, 5) is 23.1. The molecule has 0 aromatic rings. The minimum Gasteiger partial charge on any atom is -0.481 e. The Morgan fingerprint density at radius 3 is 2.59 bits per heavy atom. The first-order valence-electron chi connectivity index (χ1n) is 6.55. The lowest BCUT2D eigenvalue weighted by atomic mass is 9.71. The third kappa shape index (κ3) is 2.79. The topological polar surface area (TPSA) is 66.4 Å². The Bertz CT molecular complexity index is 325. The maximum Gasteiger partial charge on any atom is 0.311 e. The number of nitrogens with one attached hydrogen (secondary N) is 1. The predicted molar refractivity (Wildman–Crippen MR) is 63.5 cm³/mol. The first-order chi connectivity index (χ1) is 8.02. The monoisotopic (exact) mass is 239 g/mol. The number of rotatable bonds is 4. The van der Waals surface area contributed by atoms with Gasteiger partial charge in [0.25, 0.3) is 0 Å². The van der Waals surface area contributed by atoms with E-state index in [-0.39, 0.29) is 11.9 Å². The molecule has 0 aromatic heterocycles. The molecule has 0 aromatic carbocycles. The first kappa shape index (κ1) is 12.4. The minimum atomic E-state index is -0.783. The van der Waals surface area contributed by atoms with Gasteiger partial charge in [-0.25, -0.2) is 0 Å². The number of hydrogen-bond donors (Lipinski definition) is 2. The van der Waals surface area contributed by atoms with Crippen molar-refractivity contribution < 1.29 is 14.7 Å². The SMILES string of the molecule is CC1(C(=O)O)CCCCC1NC(=O)CC1CC1. The number of carbonyl (C=O) groups is 2. The Hall–Kier alpha value is -1.06. The summed E-state index contributed by atoms with van der Waals surface area (Å²) in [5.74, 6) is -0.199. The van der Waals surface area contributed by atoms with Gasteiger partial charge in [-0.15, -0.1) is 0 Å². The summed E-state index contributed by atoms with van der Waals surface area (Å²) in [6.45, 7) is 1.76. The number of aliphatic carboxylic acids is 1. The molecule has 2 unspecified atom stereocenters. The first-order valence-corrected chi connectivity index (χ1v) is 6.55. The zero-order valence-electron chi connectivity index (χ0n) is 10.4. The van der Waals surface area contributed by atoms with E-state index >= 15 is 0 Å². The summed E-state index contributed by atoms with van der Waals surface area (Å²) in [6.07, 6.45) is 6.28. The van der Waals surface area contributed by atoms with Gasteiger partial charge in [0.2, 0.25) is 5.91 Å². The van der Waals surface area contributed by atoms with E-state index in [0.717, 1.165) is 32.1 Å². The fourth-order valence-electron chi connectivity index (χ4n) is 2.66. The van der Waals surface area contributed by atoms with Gasteiger partial charge in [0.05, 0.1) is 5.41 Å². The molecule has 0 heterocycles. The largest absolute Gasteiger partial charge is 0.481 e. The fraction of sp³-hybridized carbons (Fsp3) is 0.846. The van der Waals surface area contributed by atoms with E-state index in [1.807, 2.05) is 0 Å². The number of carbonyl (C=O) groups excluding carboxylic acids is 1. The molecule has 2 rings (SSSR count). The molecule has 2 atom stereocenters. The number of carboxylic acid groups (broad SMARTS) is 1. The smallest absolute Gasteiger partial charge is 0.311 e. The van der Waals surface area contributed by atoms with Gasteiger partial charge in [-0.1, -0.05) is 12.8 Å². The molecule has 1 amide bonds. The lowest BCUT2D eigenvalue weighted by Crippen LogP contribution is -2.52. The van der Waals surface area contributed by atoms with Crippen LogP contribution in [0, 0.1) is 11.3 Å². The highest BCUT2D eigenvalue weighted by Crippen LogP contribution is 2.37. The molecule has 17 heavy (non-hydrogen) atoms. The Labute approximate surface area is 102 Å². The highest BCUT2D eigenvalue weighted by Gasteiger charge is 2.44. The maximum atomic E-state index is 11.8. The second kappa shape index (κ2) is 4.67. The molecule has 0 saturated heterocycles. The molecule has 0 radical (unpaired) electrons. The molecule has 2 fully saturated rings. The van der Waals surface area contributed by atoms with Crippen molar-refractivity contribution in [3.05, 3.63) is 0 Å². The molecular formula is C13H21NO3.